The van der Waals surface area contributed by atoms with Crippen molar-refractivity contribution in [1.82, 2.24) is 20.0 Å². The number of nitrogens with zero attached hydrogens (tertiary/aromatic N) is 3. The van der Waals surface area contributed by atoms with E-state index in [9.17, 15) is 14.4 Å². The summed E-state index contributed by atoms with van der Waals surface area (Å²) in [5, 5.41) is 9.88. The summed E-state index contributed by atoms with van der Waals surface area (Å²) in [6.45, 7) is 3.14. The Labute approximate surface area is 202 Å². The van der Waals surface area contributed by atoms with E-state index in [-0.39, 0.29) is 0 Å². The third-order valence-corrected chi connectivity index (χ3v) is 6.23. The van der Waals surface area contributed by atoms with Gasteiger partial charge in [-0.1, -0.05) is 24.3 Å². The first kappa shape index (κ1) is 23.8. The van der Waals surface area contributed by atoms with Gasteiger partial charge in [0.05, 0.1) is 31.3 Å². The first-order chi connectivity index (χ1) is 16.7. The van der Waals surface area contributed by atoms with E-state index in [1.54, 1.807) is 81.4 Å². The van der Waals surface area contributed by atoms with Crippen molar-refractivity contribution in [3.8, 4) is 11.5 Å². The highest BCUT2D eigenvalue weighted by molar-refractivity contribution is 6.12. The fourth-order valence-corrected chi connectivity index (χ4v) is 4.24. The molecule has 4 amide bonds. The zero-order chi connectivity index (χ0) is 25.3. The van der Waals surface area contributed by atoms with Crippen LogP contribution in [0.2, 0.25) is 0 Å². The standard InChI is InChI=1S/C25H27N5O5/c1-15-22(16(2)29(3)28-15)26-21(31)14-30-23(32)25(27-24(30)33,17-6-10-19(34-4)11-7-17)18-8-12-20(35-5)13-9-18/h6-13H,14H2,1-5H3,(H,26,31)(H,27,33). The average molecular weight is 478 g/mol. The van der Waals surface area contributed by atoms with Crippen molar-refractivity contribution in [1.29, 1.82) is 0 Å². The summed E-state index contributed by atoms with van der Waals surface area (Å²) in [5.74, 6) is 0.142. The maximum absolute atomic E-state index is 13.9. The van der Waals surface area contributed by atoms with Crippen molar-refractivity contribution in [3.05, 3.63) is 71.0 Å². The van der Waals surface area contributed by atoms with Crippen LogP contribution >= 0.6 is 0 Å². The van der Waals surface area contributed by atoms with E-state index in [2.05, 4.69) is 15.7 Å². The Morgan fingerprint density at radius 1 is 0.971 bits per heavy atom. The van der Waals surface area contributed by atoms with Crippen LogP contribution in [0.25, 0.3) is 0 Å². The fourth-order valence-electron chi connectivity index (χ4n) is 4.24. The first-order valence-corrected chi connectivity index (χ1v) is 10.9. The Hall–Kier alpha value is -4.34. The van der Waals surface area contributed by atoms with Gasteiger partial charge in [0.25, 0.3) is 5.91 Å². The van der Waals surface area contributed by atoms with Crippen LogP contribution in [0.5, 0.6) is 11.5 Å². The van der Waals surface area contributed by atoms with Crippen molar-refractivity contribution in [2.24, 2.45) is 7.05 Å². The summed E-state index contributed by atoms with van der Waals surface area (Å²) < 4.78 is 12.1. The second-order valence-electron chi connectivity index (χ2n) is 8.25. The van der Waals surface area contributed by atoms with Crippen molar-refractivity contribution in [3.63, 3.8) is 0 Å². The van der Waals surface area contributed by atoms with Gasteiger partial charge < -0.3 is 20.1 Å². The highest BCUT2D eigenvalue weighted by atomic mass is 16.5. The van der Waals surface area contributed by atoms with E-state index in [1.165, 1.54) is 0 Å². The lowest BCUT2D eigenvalue weighted by Crippen LogP contribution is -2.45. The number of methoxy groups -OCH3 is 2. The number of hydrogen-bond acceptors (Lipinski definition) is 6. The van der Waals surface area contributed by atoms with E-state index < -0.39 is 29.9 Å². The summed E-state index contributed by atoms with van der Waals surface area (Å²) in [6.07, 6.45) is 0. The molecule has 1 aliphatic rings. The Kier molecular flexibility index (Phi) is 6.21. The van der Waals surface area contributed by atoms with Crippen LogP contribution in [0.15, 0.2) is 48.5 Å². The van der Waals surface area contributed by atoms with Gasteiger partial charge in [-0.05, 0) is 49.2 Å². The number of aromatic nitrogens is 2. The molecule has 182 valence electrons. The number of benzene rings is 2. The maximum Gasteiger partial charge on any atom is 0.326 e. The monoisotopic (exact) mass is 477 g/mol. The van der Waals surface area contributed by atoms with Crippen LogP contribution in [0, 0.1) is 13.8 Å². The number of hydrogen-bond donors (Lipinski definition) is 2. The number of aryl methyl sites for hydroxylation is 2. The molecular formula is C25H27N5O5. The van der Waals surface area contributed by atoms with Crippen molar-refractivity contribution < 1.29 is 23.9 Å². The molecule has 4 rings (SSSR count). The molecule has 3 aromatic rings. The van der Waals surface area contributed by atoms with Crippen LogP contribution in [-0.4, -0.2) is 53.3 Å². The van der Waals surface area contributed by atoms with Crippen LogP contribution < -0.4 is 20.1 Å². The van der Waals surface area contributed by atoms with Gasteiger partial charge in [0.1, 0.15) is 18.0 Å². The molecule has 0 radical (unpaired) electrons. The minimum Gasteiger partial charge on any atom is -0.497 e. The molecule has 0 spiro atoms. The topological polar surface area (TPSA) is 115 Å². The van der Waals surface area contributed by atoms with Gasteiger partial charge in [-0.3, -0.25) is 19.2 Å². The first-order valence-electron chi connectivity index (χ1n) is 10.9. The lowest BCUT2D eigenvalue weighted by atomic mass is 9.82. The number of nitrogens with one attached hydrogen (secondary N) is 2. The zero-order valence-electron chi connectivity index (χ0n) is 20.2. The number of carbonyl (C=O) groups excluding carboxylic acids is 3. The molecule has 35 heavy (non-hydrogen) atoms. The van der Waals surface area contributed by atoms with Gasteiger partial charge in [-0.25, -0.2) is 4.79 Å². The lowest BCUT2D eigenvalue weighted by molar-refractivity contribution is -0.133. The summed E-state index contributed by atoms with van der Waals surface area (Å²) in [4.78, 5) is 40.7. The van der Waals surface area contributed by atoms with Gasteiger partial charge in [-0.2, -0.15) is 5.10 Å². The smallest absolute Gasteiger partial charge is 0.326 e. The van der Waals surface area contributed by atoms with Gasteiger partial charge in [-0.15, -0.1) is 0 Å². The maximum atomic E-state index is 13.9. The molecule has 10 heteroatoms. The molecule has 2 heterocycles. The van der Waals surface area contributed by atoms with E-state index in [1.807, 2.05) is 6.92 Å². The molecule has 0 unspecified atom stereocenters. The molecule has 0 saturated carbocycles. The number of carbonyl (C=O) groups is 3. The Balaban J connectivity index is 1.69. The lowest BCUT2D eigenvalue weighted by Gasteiger charge is -2.28. The molecule has 1 aliphatic heterocycles. The summed E-state index contributed by atoms with van der Waals surface area (Å²) in [6, 6.07) is 13.0. The van der Waals surface area contributed by atoms with Crippen molar-refractivity contribution in [2.45, 2.75) is 19.4 Å². The number of imide groups is 1. The molecule has 1 saturated heterocycles. The second-order valence-corrected chi connectivity index (χ2v) is 8.25. The van der Waals surface area contributed by atoms with Crippen LogP contribution in [0.4, 0.5) is 10.5 Å². The largest absolute Gasteiger partial charge is 0.497 e. The summed E-state index contributed by atoms with van der Waals surface area (Å²) in [7, 11) is 4.86. The third-order valence-electron chi connectivity index (χ3n) is 6.23. The minimum absolute atomic E-state index is 0.452. The second kappa shape index (κ2) is 9.13. The van der Waals surface area contributed by atoms with Crippen LogP contribution in [0.1, 0.15) is 22.5 Å². The highest BCUT2D eigenvalue weighted by Crippen LogP contribution is 2.37. The number of ether oxygens (including phenoxy) is 2. The normalized spacial score (nSPS) is 14.6. The van der Waals surface area contributed by atoms with Crippen molar-refractivity contribution in [2.75, 3.05) is 26.1 Å². The van der Waals surface area contributed by atoms with Gasteiger partial charge in [0, 0.05) is 7.05 Å². The van der Waals surface area contributed by atoms with Crippen LogP contribution in [-0.2, 0) is 22.2 Å². The molecule has 10 nitrogen and oxygen atoms in total. The summed E-state index contributed by atoms with van der Waals surface area (Å²) in [5.41, 5.74) is 1.50. The third kappa shape index (κ3) is 4.07. The number of urea groups is 1. The molecule has 1 fully saturated rings. The van der Waals surface area contributed by atoms with Crippen LogP contribution in [0.3, 0.4) is 0 Å². The summed E-state index contributed by atoms with van der Waals surface area (Å²) >= 11 is 0. The van der Waals surface area contributed by atoms with Gasteiger partial charge in [0.2, 0.25) is 5.91 Å². The number of rotatable bonds is 7. The quantitative estimate of drug-likeness (QED) is 0.506. The molecule has 0 aliphatic carbocycles. The van der Waals surface area contributed by atoms with E-state index in [0.29, 0.717) is 34.0 Å². The predicted molar refractivity (Wildman–Crippen MR) is 128 cm³/mol. The molecule has 2 N–H and O–H groups in total. The Morgan fingerprint density at radius 2 is 1.49 bits per heavy atom. The molecule has 0 atom stereocenters. The minimum atomic E-state index is -1.52. The fraction of sp³-hybridized carbons (Fsp3) is 0.280. The van der Waals surface area contributed by atoms with Gasteiger partial charge in [0.15, 0.2) is 5.54 Å². The molecular weight excluding hydrogens is 450 g/mol. The van der Waals surface area contributed by atoms with E-state index in [0.717, 1.165) is 10.6 Å². The SMILES string of the molecule is COc1ccc(C2(c3ccc(OC)cc3)NC(=O)N(CC(=O)Nc3c(C)nn(C)c3C)C2=O)cc1. The molecule has 1 aromatic heterocycles. The average Bonchev–Trinajstić information content (AvgIpc) is 3.26. The Morgan fingerprint density at radius 3 is 1.91 bits per heavy atom. The molecule has 2 aromatic carbocycles. The number of anilines is 1. The number of amides is 4. The highest BCUT2D eigenvalue weighted by Gasteiger charge is 2.54. The predicted octanol–water partition coefficient (Wildman–Crippen LogP) is 2.49. The Bertz CT molecular complexity index is 1230. The van der Waals surface area contributed by atoms with Crippen molar-refractivity contribution >= 4 is 23.5 Å². The van der Waals surface area contributed by atoms with E-state index in [4.69, 9.17) is 9.47 Å². The van der Waals surface area contributed by atoms with Gasteiger partial charge >= 0.3 is 6.03 Å². The zero-order valence-corrected chi connectivity index (χ0v) is 20.2. The van der Waals surface area contributed by atoms with E-state index >= 15 is 0 Å². The molecule has 0 bridgehead atoms.